The number of nitrogens with zero attached hydrogens (tertiary/aromatic N) is 1. The topological polar surface area (TPSA) is 48.4 Å². The zero-order valence-electron chi connectivity index (χ0n) is 11.3. The second kappa shape index (κ2) is 7.67. The molecule has 2 heterocycles. The fourth-order valence-electron chi connectivity index (χ4n) is 1.54. The fraction of sp³-hybridized carbons (Fsp3) is 0.615. The summed E-state index contributed by atoms with van der Waals surface area (Å²) >= 11 is 0. The number of hydrogen-bond acceptors (Lipinski definition) is 4. The van der Waals surface area contributed by atoms with E-state index in [9.17, 15) is 4.57 Å². The fourth-order valence-corrected chi connectivity index (χ4v) is 2.93. The third-order valence-electron chi connectivity index (χ3n) is 2.40. The van der Waals surface area contributed by atoms with Gasteiger partial charge in [0.25, 0.3) is 0 Å². The zero-order chi connectivity index (χ0) is 13.4. The first-order chi connectivity index (χ1) is 8.65. The van der Waals surface area contributed by atoms with Gasteiger partial charge >= 0.3 is 7.60 Å². The van der Waals surface area contributed by atoms with E-state index in [1.54, 1.807) is 12.4 Å². The Labute approximate surface area is 109 Å². The standard InChI is InChI=1S/C10H14NO3P.C3H8/c1-2-15(12)13-7-5-10(14-15)9-4-3-6-11-8-9;1-3-2/h3-4,6,8,10H,2,5,7H2,1H3;3H2,1-2H3/t10-,15+;/m1./s1. The number of hydrogen-bond donors (Lipinski definition) is 0. The average Bonchev–Trinajstić information content (AvgIpc) is 2.41. The van der Waals surface area contributed by atoms with Crippen LogP contribution in [0.5, 0.6) is 0 Å². The highest BCUT2D eigenvalue weighted by Gasteiger charge is 2.32. The first-order valence-corrected chi connectivity index (χ1v) is 8.19. The van der Waals surface area contributed by atoms with Crippen LogP contribution < -0.4 is 0 Å². The number of rotatable bonds is 2. The predicted octanol–water partition coefficient (Wildman–Crippen LogP) is 4.19. The van der Waals surface area contributed by atoms with Gasteiger partial charge in [0.1, 0.15) is 0 Å². The van der Waals surface area contributed by atoms with E-state index in [2.05, 4.69) is 18.8 Å². The van der Waals surface area contributed by atoms with Gasteiger partial charge in [0.2, 0.25) is 0 Å². The first-order valence-electron chi connectivity index (χ1n) is 6.47. The van der Waals surface area contributed by atoms with Crippen molar-refractivity contribution in [3.63, 3.8) is 0 Å². The maximum absolute atomic E-state index is 11.9. The normalized spacial score (nSPS) is 27.2. The first kappa shape index (κ1) is 15.4. The van der Waals surface area contributed by atoms with Crippen molar-refractivity contribution in [1.82, 2.24) is 4.98 Å². The molecule has 1 fully saturated rings. The summed E-state index contributed by atoms with van der Waals surface area (Å²) in [5.74, 6) is 0. The molecule has 0 bridgehead atoms. The van der Waals surface area contributed by atoms with Gasteiger partial charge in [0.05, 0.1) is 12.7 Å². The average molecular weight is 271 g/mol. The SMILES string of the molecule is CCC.CC[P@]1(=O)OCC[C@H](c2cccnc2)O1. The third kappa shape index (κ3) is 4.52. The Morgan fingerprint density at radius 3 is 2.72 bits per heavy atom. The molecular weight excluding hydrogens is 249 g/mol. The van der Waals surface area contributed by atoms with Crippen LogP contribution in [0.25, 0.3) is 0 Å². The van der Waals surface area contributed by atoms with Crippen LogP contribution in [0.3, 0.4) is 0 Å². The molecule has 0 unspecified atom stereocenters. The summed E-state index contributed by atoms with van der Waals surface area (Å²) in [4.78, 5) is 4.02. The molecule has 102 valence electrons. The van der Waals surface area contributed by atoms with Crippen molar-refractivity contribution in [1.29, 1.82) is 0 Å². The smallest absolute Gasteiger partial charge is 0.308 e. The Bertz CT molecular complexity index is 383. The maximum atomic E-state index is 11.9. The van der Waals surface area contributed by atoms with Crippen LogP contribution in [0.2, 0.25) is 0 Å². The molecule has 0 amide bonds. The predicted molar refractivity (Wildman–Crippen MR) is 72.7 cm³/mol. The lowest BCUT2D eigenvalue weighted by atomic mass is 10.1. The van der Waals surface area contributed by atoms with Crippen LogP contribution in [0.4, 0.5) is 0 Å². The molecule has 1 aliphatic heterocycles. The molecule has 4 nitrogen and oxygen atoms in total. The Morgan fingerprint density at radius 1 is 1.44 bits per heavy atom. The third-order valence-corrected chi connectivity index (χ3v) is 4.33. The zero-order valence-corrected chi connectivity index (χ0v) is 12.2. The molecule has 18 heavy (non-hydrogen) atoms. The second-order valence-corrected chi connectivity index (χ2v) is 6.46. The minimum absolute atomic E-state index is 0.141. The van der Waals surface area contributed by atoms with Gasteiger partial charge in [-0.3, -0.25) is 9.55 Å². The summed E-state index contributed by atoms with van der Waals surface area (Å²) in [5, 5.41) is 0. The number of pyridine rings is 1. The Morgan fingerprint density at radius 2 is 2.17 bits per heavy atom. The minimum atomic E-state index is -2.84. The van der Waals surface area contributed by atoms with Crippen LogP contribution >= 0.6 is 7.60 Å². The van der Waals surface area contributed by atoms with E-state index in [1.807, 2.05) is 19.1 Å². The maximum Gasteiger partial charge on any atom is 0.330 e. The Hall–Kier alpha value is -0.700. The van der Waals surface area contributed by atoms with E-state index in [1.165, 1.54) is 6.42 Å². The van der Waals surface area contributed by atoms with Gasteiger partial charge in [-0.25, -0.2) is 0 Å². The molecule has 2 atom stereocenters. The quantitative estimate of drug-likeness (QED) is 0.757. The highest BCUT2D eigenvalue weighted by molar-refractivity contribution is 7.53. The van der Waals surface area contributed by atoms with E-state index in [0.717, 1.165) is 12.0 Å². The highest BCUT2D eigenvalue weighted by Crippen LogP contribution is 2.55. The highest BCUT2D eigenvalue weighted by atomic mass is 31.2. The van der Waals surface area contributed by atoms with Gasteiger partial charge in [-0.2, -0.15) is 0 Å². The van der Waals surface area contributed by atoms with Crippen LogP contribution in [0, 0.1) is 0 Å². The van der Waals surface area contributed by atoms with Crippen molar-refractivity contribution in [3.8, 4) is 0 Å². The van der Waals surface area contributed by atoms with E-state index in [-0.39, 0.29) is 6.10 Å². The molecule has 0 aromatic carbocycles. The van der Waals surface area contributed by atoms with Crippen molar-refractivity contribution < 1.29 is 13.6 Å². The van der Waals surface area contributed by atoms with Crippen molar-refractivity contribution in [3.05, 3.63) is 30.1 Å². The summed E-state index contributed by atoms with van der Waals surface area (Å²) in [5.41, 5.74) is 0.967. The second-order valence-electron chi connectivity index (χ2n) is 4.14. The molecule has 2 rings (SSSR count). The minimum Gasteiger partial charge on any atom is -0.308 e. The summed E-state index contributed by atoms with van der Waals surface area (Å²) in [7, 11) is -2.84. The summed E-state index contributed by atoms with van der Waals surface area (Å²) < 4.78 is 22.6. The van der Waals surface area contributed by atoms with Crippen molar-refractivity contribution in [2.24, 2.45) is 0 Å². The van der Waals surface area contributed by atoms with Gasteiger partial charge in [-0.05, 0) is 11.6 Å². The van der Waals surface area contributed by atoms with Crippen LogP contribution in [0.1, 0.15) is 45.3 Å². The van der Waals surface area contributed by atoms with Gasteiger partial charge in [0.15, 0.2) is 0 Å². The van der Waals surface area contributed by atoms with Gasteiger partial charge in [-0.15, -0.1) is 0 Å². The largest absolute Gasteiger partial charge is 0.330 e. The lowest BCUT2D eigenvalue weighted by Gasteiger charge is -2.29. The summed E-state index contributed by atoms with van der Waals surface area (Å²) in [6, 6.07) is 3.79. The molecule has 0 radical (unpaired) electrons. The molecule has 1 aromatic rings. The molecule has 0 saturated carbocycles. The van der Waals surface area contributed by atoms with Crippen molar-refractivity contribution in [2.45, 2.75) is 39.7 Å². The molecule has 0 N–H and O–H groups in total. The van der Waals surface area contributed by atoms with E-state index in [0.29, 0.717) is 12.8 Å². The summed E-state index contributed by atoms with van der Waals surface area (Å²) in [6.45, 7) is 6.55. The van der Waals surface area contributed by atoms with E-state index in [4.69, 9.17) is 9.05 Å². The van der Waals surface area contributed by atoms with Crippen molar-refractivity contribution >= 4 is 7.60 Å². The van der Waals surface area contributed by atoms with Gasteiger partial charge in [-0.1, -0.05) is 33.3 Å². The monoisotopic (exact) mass is 271 g/mol. The van der Waals surface area contributed by atoms with E-state index < -0.39 is 7.60 Å². The number of aromatic nitrogens is 1. The van der Waals surface area contributed by atoms with Gasteiger partial charge in [0, 0.05) is 25.0 Å². The molecule has 0 spiro atoms. The molecule has 5 heteroatoms. The molecule has 1 aliphatic rings. The Balaban J connectivity index is 0.000000492. The van der Waals surface area contributed by atoms with E-state index >= 15 is 0 Å². The molecule has 0 aliphatic carbocycles. The lowest BCUT2D eigenvalue weighted by molar-refractivity contribution is 0.0818. The Kier molecular flexibility index (Phi) is 6.55. The van der Waals surface area contributed by atoms with Crippen LogP contribution in [0.15, 0.2) is 24.5 Å². The van der Waals surface area contributed by atoms with Crippen LogP contribution in [-0.4, -0.2) is 17.8 Å². The summed E-state index contributed by atoms with van der Waals surface area (Å²) in [6.07, 6.45) is 5.72. The molecule has 1 saturated heterocycles. The van der Waals surface area contributed by atoms with Crippen LogP contribution in [-0.2, 0) is 13.6 Å². The lowest BCUT2D eigenvalue weighted by Crippen LogP contribution is -2.14. The van der Waals surface area contributed by atoms with Gasteiger partial charge < -0.3 is 9.05 Å². The molecular formula is C13H22NO3P. The van der Waals surface area contributed by atoms with Crippen molar-refractivity contribution in [2.75, 3.05) is 12.8 Å². The molecule has 1 aromatic heterocycles.